The highest BCUT2D eigenvalue weighted by Gasteiger charge is 2.31. The third kappa shape index (κ3) is 3.06. The standard InChI is InChI=1S/C14H20N6O2S/c1-11-8-15-14(16-9-11)19-4-6-20(7-5-19)23(21,22)13-10-18(3)12(2)17-13/h8-10H,4-7H2,1-3H3. The van der Waals surface area contributed by atoms with E-state index in [0.29, 0.717) is 38.0 Å². The van der Waals surface area contributed by atoms with Crippen LogP contribution in [0.4, 0.5) is 5.95 Å². The molecule has 23 heavy (non-hydrogen) atoms. The second-order valence-corrected chi connectivity index (χ2v) is 7.57. The van der Waals surface area contributed by atoms with Crippen molar-refractivity contribution in [2.24, 2.45) is 7.05 Å². The van der Waals surface area contributed by atoms with Crippen LogP contribution >= 0.6 is 0 Å². The number of rotatable bonds is 3. The zero-order valence-electron chi connectivity index (χ0n) is 13.5. The number of sulfonamides is 1. The topological polar surface area (TPSA) is 84.2 Å². The van der Waals surface area contributed by atoms with Crippen LogP contribution < -0.4 is 4.90 Å². The number of nitrogens with zero attached hydrogens (tertiary/aromatic N) is 6. The van der Waals surface area contributed by atoms with Crippen molar-refractivity contribution in [1.82, 2.24) is 23.8 Å². The number of hydrogen-bond donors (Lipinski definition) is 0. The van der Waals surface area contributed by atoms with E-state index in [1.54, 1.807) is 37.1 Å². The van der Waals surface area contributed by atoms with E-state index in [1.807, 2.05) is 11.8 Å². The summed E-state index contributed by atoms with van der Waals surface area (Å²) in [5.74, 6) is 1.32. The summed E-state index contributed by atoms with van der Waals surface area (Å²) in [6.07, 6.45) is 5.09. The number of imidazole rings is 1. The molecule has 0 aliphatic carbocycles. The fourth-order valence-electron chi connectivity index (χ4n) is 2.46. The molecule has 124 valence electrons. The first kappa shape index (κ1) is 15.9. The van der Waals surface area contributed by atoms with E-state index >= 15 is 0 Å². The van der Waals surface area contributed by atoms with Crippen molar-refractivity contribution >= 4 is 16.0 Å². The molecule has 0 unspecified atom stereocenters. The first-order valence-electron chi connectivity index (χ1n) is 7.41. The van der Waals surface area contributed by atoms with E-state index in [4.69, 9.17) is 0 Å². The molecular weight excluding hydrogens is 316 g/mol. The fraction of sp³-hybridized carbons (Fsp3) is 0.500. The number of piperazine rings is 1. The molecular formula is C14H20N6O2S. The molecule has 1 fully saturated rings. The van der Waals surface area contributed by atoms with Crippen molar-refractivity contribution < 1.29 is 8.42 Å². The third-order valence-corrected chi connectivity index (χ3v) is 5.75. The summed E-state index contributed by atoms with van der Waals surface area (Å²) >= 11 is 0. The Bertz CT molecular complexity index is 772. The minimum atomic E-state index is -3.54. The van der Waals surface area contributed by atoms with Gasteiger partial charge in [-0.2, -0.15) is 4.31 Å². The maximum Gasteiger partial charge on any atom is 0.262 e. The van der Waals surface area contributed by atoms with Gasteiger partial charge in [0.25, 0.3) is 10.0 Å². The molecule has 1 aliphatic rings. The number of hydrogen-bond acceptors (Lipinski definition) is 6. The van der Waals surface area contributed by atoms with Gasteiger partial charge in [0.2, 0.25) is 5.95 Å². The van der Waals surface area contributed by atoms with Gasteiger partial charge in [0.1, 0.15) is 5.82 Å². The molecule has 0 amide bonds. The van der Waals surface area contributed by atoms with Crippen LogP contribution in [0, 0.1) is 13.8 Å². The normalized spacial score (nSPS) is 16.7. The summed E-state index contributed by atoms with van der Waals surface area (Å²) in [7, 11) is -1.76. The van der Waals surface area contributed by atoms with Crippen LogP contribution in [-0.4, -0.2) is 58.4 Å². The van der Waals surface area contributed by atoms with Crippen LogP contribution in [0.1, 0.15) is 11.4 Å². The molecule has 8 nitrogen and oxygen atoms in total. The molecule has 0 N–H and O–H groups in total. The van der Waals surface area contributed by atoms with Gasteiger partial charge in [0.15, 0.2) is 5.03 Å². The maximum atomic E-state index is 12.6. The van der Waals surface area contributed by atoms with Crippen molar-refractivity contribution in [3.8, 4) is 0 Å². The van der Waals surface area contributed by atoms with E-state index in [2.05, 4.69) is 15.0 Å². The Labute approximate surface area is 135 Å². The number of anilines is 1. The van der Waals surface area contributed by atoms with Gasteiger partial charge in [-0.05, 0) is 19.4 Å². The van der Waals surface area contributed by atoms with Crippen molar-refractivity contribution in [3.63, 3.8) is 0 Å². The monoisotopic (exact) mass is 336 g/mol. The summed E-state index contributed by atoms with van der Waals surface area (Å²) in [5.41, 5.74) is 1.00. The summed E-state index contributed by atoms with van der Waals surface area (Å²) in [6, 6.07) is 0. The zero-order valence-corrected chi connectivity index (χ0v) is 14.3. The van der Waals surface area contributed by atoms with Crippen molar-refractivity contribution in [2.75, 3.05) is 31.1 Å². The lowest BCUT2D eigenvalue weighted by atomic mass is 10.4. The molecule has 2 aromatic heterocycles. The van der Waals surface area contributed by atoms with Crippen LogP contribution in [0.25, 0.3) is 0 Å². The molecule has 9 heteroatoms. The lowest BCUT2D eigenvalue weighted by Crippen LogP contribution is -2.49. The number of aryl methyl sites for hydroxylation is 3. The van der Waals surface area contributed by atoms with Gasteiger partial charge in [0, 0.05) is 51.8 Å². The van der Waals surface area contributed by atoms with Gasteiger partial charge in [-0.3, -0.25) is 0 Å². The molecule has 1 saturated heterocycles. The maximum absolute atomic E-state index is 12.6. The quantitative estimate of drug-likeness (QED) is 0.803. The Kier molecular flexibility index (Phi) is 4.07. The van der Waals surface area contributed by atoms with Gasteiger partial charge in [0.05, 0.1) is 0 Å². The van der Waals surface area contributed by atoms with Gasteiger partial charge < -0.3 is 9.47 Å². The minimum absolute atomic E-state index is 0.109. The Morgan fingerprint density at radius 1 is 1.04 bits per heavy atom. The largest absolute Gasteiger partial charge is 0.338 e. The van der Waals surface area contributed by atoms with Crippen LogP contribution in [-0.2, 0) is 17.1 Å². The van der Waals surface area contributed by atoms with E-state index in [-0.39, 0.29) is 5.03 Å². The van der Waals surface area contributed by atoms with Crippen LogP contribution in [0.2, 0.25) is 0 Å². The van der Waals surface area contributed by atoms with Crippen LogP contribution in [0.15, 0.2) is 23.6 Å². The third-order valence-electron chi connectivity index (χ3n) is 3.98. The molecule has 3 rings (SSSR count). The SMILES string of the molecule is Cc1cnc(N2CCN(S(=O)(=O)c3cn(C)c(C)n3)CC2)nc1. The highest BCUT2D eigenvalue weighted by Crippen LogP contribution is 2.18. The van der Waals surface area contributed by atoms with Crippen molar-refractivity contribution in [1.29, 1.82) is 0 Å². The molecule has 0 saturated carbocycles. The molecule has 2 aromatic rings. The van der Waals surface area contributed by atoms with Gasteiger partial charge in [-0.25, -0.2) is 23.4 Å². The molecule has 0 atom stereocenters. The highest BCUT2D eigenvalue weighted by molar-refractivity contribution is 7.89. The lowest BCUT2D eigenvalue weighted by Gasteiger charge is -2.33. The molecule has 0 aromatic carbocycles. The first-order valence-corrected chi connectivity index (χ1v) is 8.85. The predicted molar refractivity (Wildman–Crippen MR) is 85.7 cm³/mol. The molecule has 0 bridgehead atoms. The summed E-state index contributed by atoms with van der Waals surface area (Å²) in [6.45, 7) is 5.64. The second kappa shape index (κ2) is 5.89. The van der Waals surface area contributed by atoms with Gasteiger partial charge in [-0.15, -0.1) is 0 Å². The van der Waals surface area contributed by atoms with E-state index < -0.39 is 10.0 Å². The minimum Gasteiger partial charge on any atom is -0.338 e. The van der Waals surface area contributed by atoms with Gasteiger partial charge in [-0.1, -0.05) is 0 Å². The molecule has 1 aliphatic heterocycles. The summed E-state index contributed by atoms with van der Waals surface area (Å²) in [4.78, 5) is 14.7. The summed E-state index contributed by atoms with van der Waals surface area (Å²) < 4.78 is 28.5. The van der Waals surface area contributed by atoms with E-state index in [0.717, 1.165) is 5.56 Å². The van der Waals surface area contributed by atoms with Crippen LogP contribution in [0.3, 0.4) is 0 Å². The highest BCUT2D eigenvalue weighted by atomic mass is 32.2. The first-order chi connectivity index (χ1) is 10.9. The molecule has 3 heterocycles. The molecule has 0 radical (unpaired) electrons. The number of aromatic nitrogens is 4. The Morgan fingerprint density at radius 3 is 2.17 bits per heavy atom. The Morgan fingerprint density at radius 2 is 1.65 bits per heavy atom. The average Bonchev–Trinajstić information content (AvgIpc) is 2.88. The average molecular weight is 336 g/mol. The summed E-state index contributed by atoms with van der Waals surface area (Å²) in [5, 5.41) is 0.109. The van der Waals surface area contributed by atoms with Crippen molar-refractivity contribution in [2.45, 2.75) is 18.9 Å². The van der Waals surface area contributed by atoms with Crippen molar-refractivity contribution in [3.05, 3.63) is 30.0 Å². The molecule has 0 spiro atoms. The lowest BCUT2D eigenvalue weighted by molar-refractivity contribution is 0.381. The van der Waals surface area contributed by atoms with Crippen LogP contribution in [0.5, 0.6) is 0 Å². The zero-order chi connectivity index (χ0) is 16.6. The van der Waals surface area contributed by atoms with E-state index in [9.17, 15) is 8.42 Å². The smallest absolute Gasteiger partial charge is 0.262 e. The Balaban J connectivity index is 1.72. The Hall–Kier alpha value is -2.00. The van der Waals surface area contributed by atoms with E-state index in [1.165, 1.54) is 4.31 Å². The second-order valence-electron chi connectivity index (χ2n) is 5.69. The fourth-order valence-corrected chi connectivity index (χ4v) is 3.91. The predicted octanol–water partition coefficient (Wildman–Crippen LogP) is 0.338. The van der Waals surface area contributed by atoms with Gasteiger partial charge >= 0.3 is 0 Å².